The van der Waals surface area contributed by atoms with E-state index < -0.39 is 11.7 Å². The Morgan fingerprint density at radius 3 is 2.89 bits per heavy atom. The molecule has 1 rings (SSSR count). The molecule has 0 fully saturated rings. The Morgan fingerprint density at radius 2 is 2.33 bits per heavy atom. The topological polar surface area (TPSA) is 77.2 Å². The van der Waals surface area contributed by atoms with Gasteiger partial charge in [0.1, 0.15) is 5.60 Å². The molecule has 0 saturated carbocycles. The standard InChI is InChI=1S/C12H19N3O2S/c1-12(2,3)17-11(16)14-7-5-4-6-9-8-15-10(13)18-9/h4,6,8H,5,7H2,1-3H3,(H2,13,15)(H,14,16). The van der Waals surface area contributed by atoms with Gasteiger partial charge in [-0.15, -0.1) is 0 Å². The second-order valence-electron chi connectivity index (χ2n) is 4.72. The molecule has 0 atom stereocenters. The third kappa shape index (κ3) is 6.24. The van der Waals surface area contributed by atoms with E-state index in [1.165, 1.54) is 11.3 Å². The molecule has 5 nitrogen and oxygen atoms in total. The van der Waals surface area contributed by atoms with Gasteiger partial charge in [0.15, 0.2) is 5.13 Å². The lowest BCUT2D eigenvalue weighted by molar-refractivity contribution is 0.0529. The molecule has 0 aliphatic rings. The first kappa shape index (κ1) is 14.5. The number of nitrogens with zero attached hydrogens (tertiary/aromatic N) is 1. The number of nitrogens with one attached hydrogen (secondary N) is 1. The summed E-state index contributed by atoms with van der Waals surface area (Å²) in [6, 6.07) is 0. The zero-order valence-corrected chi connectivity index (χ0v) is 11.7. The number of hydrogen-bond donors (Lipinski definition) is 2. The van der Waals surface area contributed by atoms with Gasteiger partial charge in [-0.05, 0) is 33.3 Å². The van der Waals surface area contributed by atoms with Crippen LogP contribution in [-0.2, 0) is 4.74 Å². The Kier molecular flexibility index (Phi) is 5.15. The summed E-state index contributed by atoms with van der Waals surface area (Å²) >= 11 is 1.43. The van der Waals surface area contributed by atoms with Gasteiger partial charge in [0.25, 0.3) is 0 Å². The number of anilines is 1. The molecule has 0 spiro atoms. The largest absolute Gasteiger partial charge is 0.444 e. The van der Waals surface area contributed by atoms with Crippen molar-refractivity contribution in [2.45, 2.75) is 32.8 Å². The molecule has 0 aliphatic carbocycles. The Morgan fingerprint density at radius 1 is 1.61 bits per heavy atom. The SMILES string of the molecule is CC(C)(C)OC(=O)NCCC=Cc1cnc(N)s1. The van der Waals surface area contributed by atoms with Crippen LogP contribution in [0.3, 0.4) is 0 Å². The molecular formula is C12H19N3O2S. The van der Waals surface area contributed by atoms with Crippen molar-refractivity contribution >= 4 is 28.6 Å². The molecule has 0 unspecified atom stereocenters. The summed E-state index contributed by atoms with van der Waals surface area (Å²) in [5.74, 6) is 0. The summed E-state index contributed by atoms with van der Waals surface area (Å²) in [5, 5.41) is 3.24. The molecule has 1 aromatic heterocycles. The molecule has 100 valence electrons. The normalized spacial score (nSPS) is 11.7. The van der Waals surface area contributed by atoms with Gasteiger partial charge in [0.05, 0.1) is 0 Å². The molecule has 0 bridgehead atoms. The Hall–Kier alpha value is -1.56. The highest BCUT2D eigenvalue weighted by Crippen LogP contribution is 2.15. The van der Waals surface area contributed by atoms with Crippen LogP contribution in [0.2, 0.25) is 0 Å². The fourth-order valence-corrected chi connectivity index (χ4v) is 1.77. The number of carbonyl (C=O) groups is 1. The van der Waals surface area contributed by atoms with Crippen LogP contribution in [0.25, 0.3) is 6.08 Å². The van der Waals surface area contributed by atoms with E-state index in [1.54, 1.807) is 6.20 Å². The highest BCUT2D eigenvalue weighted by atomic mass is 32.1. The lowest BCUT2D eigenvalue weighted by Crippen LogP contribution is -2.32. The van der Waals surface area contributed by atoms with Crippen molar-refractivity contribution in [2.75, 3.05) is 12.3 Å². The zero-order valence-electron chi connectivity index (χ0n) is 10.9. The number of thiazole rings is 1. The summed E-state index contributed by atoms with van der Waals surface area (Å²) < 4.78 is 5.11. The van der Waals surface area contributed by atoms with E-state index in [9.17, 15) is 4.79 Å². The molecule has 3 N–H and O–H groups in total. The lowest BCUT2D eigenvalue weighted by atomic mass is 10.2. The number of nitrogens with two attached hydrogens (primary N) is 1. The fraction of sp³-hybridized carbons (Fsp3) is 0.500. The maximum atomic E-state index is 11.3. The number of aromatic nitrogens is 1. The molecule has 1 heterocycles. The molecule has 0 aromatic carbocycles. The van der Waals surface area contributed by atoms with Crippen LogP contribution in [0.15, 0.2) is 12.3 Å². The fourth-order valence-electron chi connectivity index (χ4n) is 1.15. The van der Waals surface area contributed by atoms with Crippen molar-refractivity contribution in [3.8, 4) is 0 Å². The van der Waals surface area contributed by atoms with Crippen molar-refractivity contribution in [2.24, 2.45) is 0 Å². The molecule has 1 aromatic rings. The quantitative estimate of drug-likeness (QED) is 0.824. The van der Waals surface area contributed by atoms with Gasteiger partial charge >= 0.3 is 6.09 Å². The second-order valence-corrected chi connectivity index (χ2v) is 5.81. The van der Waals surface area contributed by atoms with Crippen molar-refractivity contribution < 1.29 is 9.53 Å². The molecule has 6 heteroatoms. The third-order valence-electron chi connectivity index (χ3n) is 1.80. The number of alkyl carbamates (subject to hydrolysis) is 1. The summed E-state index contributed by atoms with van der Waals surface area (Å²) in [6.45, 7) is 6.04. The van der Waals surface area contributed by atoms with E-state index in [-0.39, 0.29) is 0 Å². The third-order valence-corrected chi connectivity index (χ3v) is 2.59. The molecule has 18 heavy (non-hydrogen) atoms. The molecule has 1 amide bonds. The van der Waals surface area contributed by atoms with Crippen molar-refractivity contribution in [1.29, 1.82) is 0 Å². The Bertz CT molecular complexity index is 421. The molecular weight excluding hydrogens is 250 g/mol. The average Bonchev–Trinajstić information content (AvgIpc) is 2.61. The second kappa shape index (κ2) is 6.39. The first-order chi connectivity index (χ1) is 8.37. The summed E-state index contributed by atoms with van der Waals surface area (Å²) in [7, 11) is 0. The van der Waals surface area contributed by atoms with Gasteiger partial charge in [-0.1, -0.05) is 17.4 Å². The number of carbonyl (C=O) groups excluding carboxylic acids is 1. The van der Waals surface area contributed by atoms with Gasteiger partial charge in [0.2, 0.25) is 0 Å². The maximum Gasteiger partial charge on any atom is 0.407 e. The Labute approximate surface area is 111 Å². The van der Waals surface area contributed by atoms with Crippen molar-refractivity contribution in [1.82, 2.24) is 10.3 Å². The monoisotopic (exact) mass is 269 g/mol. The highest BCUT2D eigenvalue weighted by Gasteiger charge is 2.15. The van der Waals surface area contributed by atoms with Crippen LogP contribution in [0.1, 0.15) is 32.1 Å². The van der Waals surface area contributed by atoms with Crippen LogP contribution in [-0.4, -0.2) is 23.2 Å². The summed E-state index contributed by atoms with van der Waals surface area (Å²) in [5.41, 5.74) is 5.05. The van der Waals surface area contributed by atoms with E-state index in [4.69, 9.17) is 10.5 Å². The van der Waals surface area contributed by atoms with E-state index >= 15 is 0 Å². The van der Waals surface area contributed by atoms with Crippen molar-refractivity contribution in [3.05, 3.63) is 17.2 Å². The van der Waals surface area contributed by atoms with Crippen LogP contribution < -0.4 is 11.1 Å². The van der Waals surface area contributed by atoms with Crippen LogP contribution in [0.5, 0.6) is 0 Å². The van der Waals surface area contributed by atoms with Crippen LogP contribution in [0, 0.1) is 0 Å². The van der Waals surface area contributed by atoms with Gasteiger partial charge in [-0.25, -0.2) is 9.78 Å². The minimum absolute atomic E-state index is 0.391. The van der Waals surface area contributed by atoms with Gasteiger partial charge < -0.3 is 15.8 Å². The smallest absolute Gasteiger partial charge is 0.407 e. The van der Waals surface area contributed by atoms with E-state index in [2.05, 4.69) is 10.3 Å². The van der Waals surface area contributed by atoms with Gasteiger partial charge in [-0.2, -0.15) is 0 Å². The lowest BCUT2D eigenvalue weighted by Gasteiger charge is -2.19. The molecule has 0 aliphatic heterocycles. The van der Waals surface area contributed by atoms with E-state index in [0.717, 1.165) is 11.3 Å². The summed E-state index contributed by atoms with van der Waals surface area (Å²) in [6.07, 6.45) is 5.96. The predicted molar refractivity (Wildman–Crippen MR) is 74.4 cm³/mol. The first-order valence-corrected chi connectivity index (χ1v) is 6.53. The number of hydrogen-bond acceptors (Lipinski definition) is 5. The zero-order chi connectivity index (χ0) is 13.6. The highest BCUT2D eigenvalue weighted by molar-refractivity contribution is 7.16. The van der Waals surface area contributed by atoms with Crippen LogP contribution in [0.4, 0.5) is 9.93 Å². The minimum Gasteiger partial charge on any atom is -0.444 e. The number of ether oxygens (including phenoxy) is 1. The first-order valence-electron chi connectivity index (χ1n) is 5.71. The predicted octanol–water partition coefficient (Wildman–Crippen LogP) is 2.65. The molecule has 0 saturated heterocycles. The number of nitrogen functional groups attached to an aromatic ring is 1. The van der Waals surface area contributed by atoms with Gasteiger partial charge in [0, 0.05) is 17.6 Å². The minimum atomic E-state index is -0.458. The van der Waals surface area contributed by atoms with Gasteiger partial charge in [-0.3, -0.25) is 0 Å². The molecule has 0 radical (unpaired) electrons. The van der Waals surface area contributed by atoms with E-state index in [1.807, 2.05) is 32.9 Å². The van der Waals surface area contributed by atoms with Crippen molar-refractivity contribution in [3.63, 3.8) is 0 Å². The van der Waals surface area contributed by atoms with Crippen LogP contribution >= 0.6 is 11.3 Å². The number of rotatable bonds is 4. The average molecular weight is 269 g/mol. The summed E-state index contributed by atoms with van der Waals surface area (Å²) in [4.78, 5) is 16.3. The van der Waals surface area contributed by atoms with E-state index in [0.29, 0.717) is 11.7 Å². The maximum absolute atomic E-state index is 11.3. The Balaban J connectivity index is 2.19. The number of amides is 1.